The first-order chi connectivity index (χ1) is 12.2. The van der Waals surface area contributed by atoms with E-state index in [9.17, 15) is 4.79 Å². The molecule has 130 valence electrons. The summed E-state index contributed by atoms with van der Waals surface area (Å²) >= 11 is 0. The molecule has 1 atom stereocenters. The second kappa shape index (κ2) is 6.72. The molecule has 2 aliphatic rings. The summed E-state index contributed by atoms with van der Waals surface area (Å²) in [5, 5.41) is 10.8. The summed E-state index contributed by atoms with van der Waals surface area (Å²) in [5.74, 6) is 0.640. The molecule has 0 aromatic carbocycles. The van der Waals surface area contributed by atoms with Crippen molar-refractivity contribution in [2.75, 3.05) is 25.0 Å². The summed E-state index contributed by atoms with van der Waals surface area (Å²) in [6.07, 6.45) is 9.08. The third kappa shape index (κ3) is 3.43. The van der Waals surface area contributed by atoms with Crippen molar-refractivity contribution < 1.29 is 9.53 Å². The van der Waals surface area contributed by atoms with Crippen LogP contribution in [0.15, 0.2) is 36.9 Å². The molecule has 8 heteroatoms. The van der Waals surface area contributed by atoms with Crippen LogP contribution in [-0.4, -0.2) is 62.3 Å². The zero-order valence-electron chi connectivity index (χ0n) is 13.8. The van der Waals surface area contributed by atoms with Gasteiger partial charge in [-0.1, -0.05) is 0 Å². The third-order valence-corrected chi connectivity index (χ3v) is 4.90. The number of anilines is 1. The van der Waals surface area contributed by atoms with Crippen LogP contribution in [0.4, 0.5) is 5.95 Å². The van der Waals surface area contributed by atoms with E-state index < -0.39 is 0 Å². The fourth-order valence-corrected chi connectivity index (χ4v) is 3.56. The maximum Gasteiger partial charge on any atom is 0.255 e. The Morgan fingerprint density at radius 3 is 2.72 bits per heavy atom. The van der Waals surface area contributed by atoms with Crippen LogP contribution in [0.1, 0.15) is 29.6 Å². The lowest BCUT2D eigenvalue weighted by atomic mass is 9.87. The van der Waals surface area contributed by atoms with Gasteiger partial charge in [-0.15, -0.1) is 0 Å². The quantitative estimate of drug-likeness (QED) is 0.895. The van der Waals surface area contributed by atoms with Gasteiger partial charge in [-0.25, -0.2) is 9.97 Å². The molecule has 2 aliphatic heterocycles. The molecule has 4 rings (SSSR count). The predicted molar refractivity (Wildman–Crippen MR) is 89.9 cm³/mol. The van der Waals surface area contributed by atoms with Crippen LogP contribution in [0.2, 0.25) is 0 Å². The molecule has 0 bridgehead atoms. The minimum absolute atomic E-state index is 0.00936. The molecule has 1 spiro atoms. The molecule has 2 aromatic heterocycles. The zero-order chi connectivity index (χ0) is 17.1. The van der Waals surface area contributed by atoms with Crippen LogP contribution < -0.4 is 5.32 Å². The van der Waals surface area contributed by atoms with E-state index in [2.05, 4.69) is 25.5 Å². The van der Waals surface area contributed by atoms with Crippen molar-refractivity contribution in [2.45, 2.75) is 30.9 Å². The van der Waals surface area contributed by atoms with Crippen molar-refractivity contribution in [1.82, 2.24) is 25.1 Å². The van der Waals surface area contributed by atoms with Gasteiger partial charge in [0.25, 0.3) is 5.91 Å². The number of hydrogen-bond acceptors (Lipinski definition) is 7. The molecule has 2 saturated heterocycles. The molecule has 8 nitrogen and oxygen atoms in total. The van der Waals surface area contributed by atoms with E-state index in [-0.39, 0.29) is 17.6 Å². The van der Waals surface area contributed by atoms with Gasteiger partial charge in [-0.05, 0) is 31.4 Å². The van der Waals surface area contributed by atoms with Gasteiger partial charge in [-0.3, -0.25) is 4.79 Å². The first kappa shape index (κ1) is 15.9. The lowest BCUT2D eigenvalue weighted by molar-refractivity contribution is -0.0388. The molecular formula is C17H20N6O2. The van der Waals surface area contributed by atoms with Gasteiger partial charge >= 0.3 is 0 Å². The number of hydrogen-bond donors (Lipinski definition) is 1. The number of ether oxygens (including phenoxy) is 1. The van der Waals surface area contributed by atoms with Gasteiger partial charge in [0.2, 0.25) is 5.95 Å². The second-order valence-corrected chi connectivity index (χ2v) is 6.54. The van der Waals surface area contributed by atoms with Crippen LogP contribution in [0, 0.1) is 0 Å². The molecule has 25 heavy (non-hydrogen) atoms. The minimum atomic E-state index is -0.153. The number of nitrogens with one attached hydrogen (secondary N) is 1. The maximum atomic E-state index is 12.5. The topological polar surface area (TPSA) is 93.1 Å². The number of aromatic nitrogens is 4. The summed E-state index contributed by atoms with van der Waals surface area (Å²) in [4.78, 5) is 22.8. The monoisotopic (exact) mass is 340 g/mol. The van der Waals surface area contributed by atoms with Gasteiger partial charge in [0, 0.05) is 25.5 Å². The standard InChI is InChI=1S/C17H20N6O2/c24-15(13-2-7-20-21-11-13)23-8-3-17(4-9-23)10-14(12-25-17)22-16-18-5-1-6-19-16/h1-2,5-7,11,14H,3-4,8-10,12H2,(H,18,19,22)/t14-/m1/s1. The van der Waals surface area contributed by atoms with E-state index in [0.717, 1.165) is 19.3 Å². The average Bonchev–Trinajstić information content (AvgIpc) is 3.05. The second-order valence-electron chi connectivity index (χ2n) is 6.54. The highest BCUT2D eigenvalue weighted by Crippen LogP contribution is 2.36. The number of likely N-dealkylation sites (tertiary alicyclic amines) is 1. The number of nitrogens with zero attached hydrogens (tertiary/aromatic N) is 5. The summed E-state index contributed by atoms with van der Waals surface area (Å²) in [6.45, 7) is 2.02. The molecule has 1 amide bonds. The van der Waals surface area contributed by atoms with Gasteiger partial charge in [0.1, 0.15) is 0 Å². The third-order valence-electron chi connectivity index (χ3n) is 4.90. The van der Waals surface area contributed by atoms with Gasteiger partial charge in [-0.2, -0.15) is 10.2 Å². The van der Waals surface area contributed by atoms with Crippen LogP contribution in [-0.2, 0) is 4.74 Å². The Hall–Kier alpha value is -2.61. The summed E-state index contributed by atoms with van der Waals surface area (Å²) in [7, 11) is 0. The van der Waals surface area contributed by atoms with E-state index in [1.165, 1.54) is 6.20 Å². The lowest BCUT2D eigenvalue weighted by Gasteiger charge is -2.38. The van der Waals surface area contributed by atoms with Crippen molar-refractivity contribution in [3.8, 4) is 0 Å². The number of carbonyl (C=O) groups is 1. The Labute approximate surface area is 145 Å². The highest BCUT2D eigenvalue weighted by atomic mass is 16.5. The number of piperidine rings is 1. The molecule has 0 unspecified atom stereocenters. The summed E-state index contributed by atoms with van der Waals surface area (Å²) in [6, 6.07) is 3.70. The van der Waals surface area contributed by atoms with E-state index in [4.69, 9.17) is 4.74 Å². The molecule has 1 N–H and O–H groups in total. The van der Waals surface area contributed by atoms with Crippen molar-refractivity contribution in [3.63, 3.8) is 0 Å². The highest BCUT2D eigenvalue weighted by Gasteiger charge is 2.43. The largest absolute Gasteiger partial charge is 0.373 e. The van der Waals surface area contributed by atoms with E-state index in [1.807, 2.05) is 4.90 Å². The molecule has 4 heterocycles. The van der Waals surface area contributed by atoms with Crippen molar-refractivity contribution in [3.05, 3.63) is 42.5 Å². The highest BCUT2D eigenvalue weighted by molar-refractivity contribution is 5.93. The van der Waals surface area contributed by atoms with Crippen LogP contribution in [0.5, 0.6) is 0 Å². The van der Waals surface area contributed by atoms with Crippen molar-refractivity contribution in [1.29, 1.82) is 0 Å². The first-order valence-corrected chi connectivity index (χ1v) is 8.48. The average molecular weight is 340 g/mol. The lowest BCUT2D eigenvalue weighted by Crippen LogP contribution is -2.46. The Balaban J connectivity index is 1.33. The Morgan fingerprint density at radius 2 is 2.00 bits per heavy atom. The number of rotatable bonds is 3. The molecule has 2 fully saturated rings. The van der Waals surface area contributed by atoms with Gasteiger partial charge in [0.15, 0.2) is 0 Å². The number of carbonyl (C=O) groups excluding carboxylic acids is 1. The van der Waals surface area contributed by atoms with Crippen LogP contribution >= 0.6 is 0 Å². The van der Waals surface area contributed by atoms with Crippen LogP contribution in [0.3, 0.4) is 0 Å². The first-order valence-electron chi connectivity index (χ1n) is 8.48. The fraction of sp³-hybridized carbons (Fsp3) is 0.471. The van der Waals surface area contributed by atoms with Crippen LogP contribution in [0.25, 0.3) is 0 Å². The molecule has 0 saturated carbocycles. The van der Waals surface area contributed by atoms with E-state index in [1.54, 1.807) is 30.7 Å². The van der Waals surface area contributed by atoms with Gasteiger partial charge < -0.3 is 15.0 Å². The zero-order valence-corrected chi connectivity index (χ0v) is 13.8. The summed E-state index contributed by atoms with van der Waals surface area (Å²) < 4.78 is 6.12. The van der Waals surface area contributed by atoms with Crippen molar-refractivity contribution in [2.24, 2.45) is 0 Å². The predicted octanol–water partition coefficient (Wildman–Crippen LogP) is 1.14. The molecular weight excluding hydrogens is 320 g/mol. The van der Waals surface area contributed by atoms with E-state index in [0.29, 0.717) is 31.2 Å². The SMILES string of the molecule is O=C(c1ccnnc1)N1CCC2(CC1)C[C@@H](Nc1ncccn1)CO2. The fourth-order valence-electron chi connectivity index (χ4n) is 3.56. The number of amides is 1. The smallest absolute Gasteiger partial charge is 0.255 e. The van der Waals surface area contributed by atoms with Crippen molar-refractivity contribution >= 4 is 11.9 Å². The Bertz CT molecular complexity index is 718. The molecule has 0 radical (unpaired) electrons. The Kier molecular flexibility index (Phi) is 4.27. The van der Waals surface area contributed by atoms with Gasteiger partial charge in [0.05, 0.1) is 36.2 Å². The summed E-state index contributed by atoms with van der Waals surface area (Å²) in [5.41, 5.74) is 0.429. The van der Waals surface area contributed by atoms with E-state index >= 15 is 0 Å². The molecule has 2 aromatic rings. The molecule has 0 aliphatic carbocycles. The Morgan fingerprint density at radius 1 is 1.20 bits per heavy atom. The minimum Gasteiger partial charge on any atom is -0.373 e. The maximum absolute atomic E-state index is 12.5. The normalized spacial score (nSPS) is 22.1.